The third-order valence-corrected chi connectivity index (χ3v) is 5.95. The normalized spacial score (nSPS) is 20.6. The van der Waals surface area contributed by atoms with E-state index in [0.717, 1.165) is 45.2 Å². The van der Waals surface area contributed by atoms with Gasteiger partial charge in [0.1, 0.15) is 0 Å². The highest BCUT2D eigenvalue weighted by Gasteiger charge is 2.33. The molecule has 0 aromatic rings. The number of rotatable bonds is 12. The molecule has 2 aliphatic rings. The number of nitrogens with one attached hydrogen (secondary N) is 2. The van der Waals surface area contributed by atoms with Crippen LogP contribution in [0.3, 0.4) is 0 Å². The number of hydrogen-bond donors (Lipinski definition) is 2. The lowest BCUT2D eigenvalue weighted by Crippen LogP contribution is -2.39. The van der Waals surface area contributed by atoms with Gasteiger partial charge in [-0.05, 0) is 83.8 Å². The third-order valence-electron chi connectivity index (χ3n) is 5.95. The molecule has 0 unspecified atom stereocenters. The van der Waals surface area contributed by atoms with Crippen LogP contribution in [0.5, 0.6) is 0 Å². The van der Waals surface area contributed by atoms with Gasteiger partial charge in [-0.3, -0.25) is 4.99 Å². The minimum absolute atomic E-state index is 0.368. The van der Waals surface area contributed by atoms with Gasteiger partial charge in [-0.25, -0.2) is 0 Å². The molecular weight excluding hydrogens is 324 g/mol. The van der Waals surface area contributed by atoms with E-state index in [4.69, 9.17) is 9.73 Å². The number of unbranched alkanes of at least 4 members (excludes halogenated alkanes) is 1. The number of ether oxygens (including phenoxy) is 1. The van der Waals surface area contributed by atoms with Crippen LogP contribution < -0.4 is 10.6 Å². The summed E-state index contributed by atoms with van der Waals surface area (Å²) in [5.74, 6) is 0.997. The molecule has 1 aliphatic heterocycles. The van der Waals surface area contributed by atoms with Gasteiger partial charge in [0.05, 0.1) is 0 Å². The fraction of sp³-hybridized carbons (Fsp3) is 0.952. The first kappa shape index (κ1) is 21.5. The summed E-state index contributed by atoms with van der Waals surface area (Å²) in [6.07, 6.45) is 11.7. The number of guanidine groups is 1. The fourth-order valence-corrected chi connectivity index (χ4v) is 4.31. The lowest BCUT2D eigenvalue weighted by molar-refractivity contribution is 0.107. The van der Waals surface area contributed by atoms with Crippen molar-refractivity contribution in [1.82, 2.24) is 15.5 Å². The molecule has 26 heavy (non-hydrogen) atoms. The molecule has 2 rings (SSSR count). The third kappa shape index (κ3) is 7.83. The number of nitrogens with zero attached hydrogens (tertiary/aromatic N) is 2. The average Bonchev–Trinajstić information content (AvgIpc) is 3.32. The summed E-state index contributed by atoms with van der Waals surface area (Å²) in [7, 11) is 0. The first-order valence-corrected chi connectivity index (χ1v) is 11.1. The Morgan fingerprint density at radius 3 is 2.50 bits per heavy atom. The monoisotopic (exact) mass is 366 g/mol. The van der Waals surface area contributed by atoms with Gasteiger partial charge >= 0.3 is 0 Å². The van der Waals surface area contributed by atoms with E-state index in [1.54, 1.807) is 0 Å². The first-order valence-electron chi connectivity index (χ1n) is 11.1. The van der Waals surface area contributed by atoms with Gasteiger partial charge in [0.15, 0.2) is 5.96 Å². The Morgan fingerprint density at radius 2 is 1.81 bits per heavy atom. The molecule has 1 saturated heterocycles. The van der Waals surface area contributed by atoms with E-state index in [2.05, 4.69) is 29.4 Å². The predicted molar refractivity (Wildman–Crippen MR) is 111 cm³/mol. The van der Waals surface area contributed by atoms with Crippen LogP contribution in [0.25, 0.3) is 0 Å². The molecule has 5 nitrogen and oxygen atoms in total. The standard InChI is InChI=1S/C21H42N4O/c1-3-22-20(23-14-7-8-15-25-16-9-10-17-25)24-19-21(11-5-6-12-21)13-18-26-4-2/h3-19H2,1-2H3,(H2,22,23,24). The molecule has 0 aromatic heterocycles. The summed E-state index contributed by atoms with van der Waals surface area (Å²) in [4.78, 5) is 7.55. The molecule has 5 heteroatoms. The van der Waals surface area contributed by atoms with Crippen LogP contribution in [0, 0.1) is 5.41 Å². The highest BCUT2D eigenvalue weighted by molar-refractivity contribution is 5.79. The van der Waals surface area contributed by atoms with E-state index in [1.807, 2.05) is 0 Å². The van der Waals surface area contributed by atoms with Gasteiger partial charge in [-0.2, -0.15) is 0 Å². The van der Waals surface area contributed by atoms with Crippen LogP contribution in [0.4, 0.5) is 0 Å². The quantitative estimate of drug-likeness (QED) is 0.316. The van der Waals surface area contributed by atoms with Crippen molar-refractivity contribution < 1.29 is 4.74 Å². The van der Waals surface area contributed by atoms with Crippen LogP contribution in [-0.4, -0.2) is 63.3 Å². The van der Waals surface area contributed by atoms with Crippen LogP contribution in [-0.2, 0) is 4.74 Å². The fourth-order valence-electron chi connectivity index (χ4n) is 4.31. The first-order chi connectivity index (χ1) is 12.8. The molecule has 1 saturated carbocycles. The molecule has 0 spiro atoms. The van der Waals surface area contributed by atoms with Crippen LogP contribution in [0.2, 0.25) is 0 Å². The molecule has 0 bridgehead atoms. The zero-order valence-corrected chi connectivity index (χ0v) is 17.3. The van der Waals surface area contributed by atoms with E-state index in [9.17, 15) is 0 Å². The molecule has 2 fully saturated rings. The van der Waals surface area contributed by atoms with Gasteiger partial charge in [-0.1, -0.05) is 12.8 Å². The van der Waals surface area contributed by atoms with Crippen molar-refractivity contribution in [3.8, 4) is 0 Å². The lowest BCUT2D eigenvalue weighted by atomic mass is 9.83. The van der Waals surface area contributed by atoms with Crippen LogP contribution in [0.1, 0.15) is 71.6 Å². The van der Waals surface area contributed by atoms with Crippen molar-refractivity contribution in [2.45, 2.75) is 71.6 Å². The van der Waals surface area contributed by atoms with Gasteiger partial charge in [-0.15, -0.1) is 0 Å². The van der Waals surface area contributed by atoms with Crippen molar-refractivity contribution in [2.24, 2.45) is 10.4 Å². The zero-order chi connectivity index (χ0) is 18.5. The Balaban J connectivity index is 1.71. The van der Waals surface area contributed by atoms with Gasteiger partial charge in [0.25, 0.3) is 0 Å². The Kier molecular flexibility index (Phi) is 10.4. The molecule has 0 amide bonds. The second-order valence-corrected chi connectivity index (χ2v) is 8.03. The second-order valence-electron chi connectivity index (χ2n) is 8.03. The highest BCUT2D eigenvalue weighted by Crippen LogP contribution is 2.41. The summed E-state index contributed by atoms with van der Waals surface area (Å²) < 4.78 is 5.63. The minimum Gasteiger partial charge on any atom is -0.382 e. The zero-order valence-electron chi connectivity index (χ0n) is 17.3. The summed E-state index contributed by atoms with van der Waals surface area (Å²) in [6.45, 7) is 12.7. The Bertz CT molecular complexity index is 387. The van der Waals surface area contributed by atoms with Crippen LogP contribution >= 0.6 is 0 Å². The number of aliphatic imine (C=N–C) groups is 1. The van der Waals surface area contributed by atoms with E-state index in [-0.39, 0.29) is 0 Å². The van der Waals surface area contributed by atoms with E-state index in [0.29, 0.717) is 5.41 Å². The van der Waals surface area contributed by atoms with Gasteiger partial charge in [0, 0.05) is 32.8 Å². The topological polar surface area (TPSA) is 48.9 Å². The van der Waals surface area contributed by atoms with Crippen LogP contribution in [0.15, 0.2) is 4.99 Å². The molecular formula is C21H42N4O. The van der Waals surface area contributed by atoms with E-state index in [1.165, 1.54) is 71.0 Å². The predicted octanol–water partition coefficient (Wildman–Crippen LogP) is 3.40. The molecule has 0 aromatic carbocycles. The molecule has 1 heterocycles. The van der Waals surface area contributed by atoms with Crippen molar-refractivity contribution >= 4 is 5.96 Å². The maximum absolute atomic E-state index is 5.63. The maximum atomic E-state index is 5.63. The molecule has 0 radical (unpaired) electrons. The molecule has 1 aliphatic carbocycles. The maximum Gasteiger partial charge on any atom is 0.191 e. The Morgan fingerprint density at radius 1 is 1.04 bits per heavy atom. The second kappa shape index (κ2) is 12.6. The largest absolute Gasteiger partial charge is 0.382 e. The molecule has 0 atom stereocenters. The van der Waals surface area contributed by atoms with Gasteiger partial charge < -0.3 is 20.3 Å². The summed E-state index contributed by atoms with van der Waals surface area (Å²) in [5, 5.41) is 6.96. The Hall–Kier alpha value is -0.810. The van der Waals surface area contributed by atoms with E-state index >= 15 is 0 Å². The number of likely N-dealkylation sites (tertiary alicyclic amines) is 1. The SMILES string of the molecule is CCNC(=NCC1(CCOCC)CCCC1)NCCCCN1CCCC1. The minimum atomic E-state index is 0.368. The average molecular weight is 367 g/mol. The summed E-state index contributed by atoms with van der Waals surface area (Å²) in [5.41, 5.74) is 0.368. The van der Waals surface area contributed by atoms with Crippen molar-refractivity contribution in [2.75, 3.05) is 52.5 Å². The number of hydrogen-bond acceptors (Lipinski definition) is 3. The smallest absolute Gasteiger partial charge is 0.191 e. The molecule has 2 N–H and O–H groups in total. The van der Waals surface area contributed by atoms with Crippen molar-refractivity contribution in [3.63, 3.8) is 0 Å². The highest BCUT2D eigenvalue weighted by atomic mass is 16.5. The van der Waals surface area contributed by atoms with Crippen molar-refractivity contribution in [3.05, 3.63) is 0 Å². The van der Waals surface area contributed by atoms with Gasteiger partial charge in [0.2, 0.25) is 0 Å². The van der Waals surface area contributed by atoms with Crippen molar-refractivity contribution in [1.29, 1.82) is 0 Å². The lowest BCUT2D eigenvalue weighted by Gasteiger charge is -2.27. The summed E-state index contributed by atoms with van der Waals surface area (Å²) >= 11 is 0. The van der Waals surface area contributed by atoms with E-state index < -0.39 is 0 Å². The summed E-state index contributed by atoms with van der Waals surface area (Å²) in [6, 6.07) is 0. The Labute approximate surface area is 161 Å². The molecule has 152 valence electrons.